The third kappa shape index (κ3) is 5.65. The van der Waals surface area contributed by atoms with Crippen LogP contribution in [0, 0.1) is 0 Å². The van der Waals surface area contributed by atoms with Crippen molar-refractivity contribution in [3.05, 3.63) is 12.2 Å². The normalized spacial score (nSPS) is 10.2. The largest absolute Gasteiger partial charge is 0.359 e. The van der Waals surface area contributed by atoms with Crippen LogP contribution in [-0.4, -0.2) is 18.7 Å². The van der Waals surface area contributed by atoms with Gasteiger partial charge in [0.15, 0.2) is 5.78 Å². The van der Waals surface area contributed by atoms with Gasteiger partial charge in [-0.15, -0.1) is 0 Å². The number of hydrogen-bond acceptors (Lipinski definition) is 2. The van der Waals surface area contributed by atoms with Crippen molar-refractivity contribution >= 4 is 11.7 Å². The van der Waals surface area contributed by atoms with E-state index < -0.39 is 0 Å². The van der Waals surface area contributed by atoms with Crippen molar-refractivity contribution < 1.29 is 9.59 Å². The average molecular weight is 169 g/mol. The zero-order valence-corrected chi connectivity index (χ0v) is 7.59. The summed E-state index contributed by atoms with van der Waals surface area (Å²) < 4.78 is 0. The van der Waals surface area contributed by atoms with E-state index in [0.717, 1.165) is 0 Å². The monoisotopic (exact) mass is 169 g/mol. The Hall–Kier alpha value is -1.12. The molecule has 0 aromatic rings. The van der Waals surface area contributed by atoms with Gasteiger partial charge >= 0.3 is 0 Å². The fraction of sp³-hybridized carbons (Fsp3) is 0.556. The van der Waals surface area contributed by atoms with Gasteiger partial charge in [-0.25, -0.2) is 0 Å². The maximum Gasteiger partial charge on any atom is 0.219 e. The number of carbonyl (C=O) groups is 2. The molecule has 0 saturated carbocycles. The van der Waals surface area contributed by atoms with Crippen LogP contribution >= 0.6 is 0 Å². The van der Waals surface area contributed by atoms with E-state index >= 15 is 0 Å². The SMILES string of the molecule is C/C=C/C(=O)CCCC(=O)NC. The molecule has 0 radical (unpaired) electrons. The van der Waals surface area contributed by atoms with Crippen molar-refractivity contribution in [2.45, 2.75) is 26.2 Å². The van der Waals surface area contributed by atoms with Gasteiger partial charge in [0, 0.05) is 19.9 Å². The van der Waals surface area contributed by atoms with Crippen molar-refractivity contribution in [2.75, 3.05) is 7.05 Å². The molecule has 0 unspecified atom stereocenters. The smallest absolute Gasteiger partial charge is 0.219 e. The minimum Gasteiger partial charge on any atom is -0.359 e. The molecule has 0 aliphatic heterocycles. The average Bonchev–Trinajstić information content (AvgIpc) is 2.04. The Morgan fingerprint density at radius 1 is 1.33 bits per heavy atom. The van der Waals surface area contributed by atoms with Gasteiger partial charge in [-0.3, -0.25) is 9.59 Å². The van der Waals surface area contributed by atoms with Gasteiger partial charge in [0.1, 0.15) is 0 Å². The van der Waals surface area contributed by atoms with E-state index in [9.17, 15) is 9.59 Å². The van der Waals surface area contributed by atoms with Crippen molar-refractivity contribution in [3.63, 3.8) is 0 Å². The molecular weight excluding hydrogens is 154 g/mol. The van der Waals surface area contributed by atoms with Crippen LogP contribution in [0.5, 0.6) is 0 Å². The molecule has 0 aromatic carbocycles. The van der Waals surface area contributed by atoms with Crippen molar-refractivity contribution in [3.8, 4) is 0 Å². The van der Waals surface area contributed by atoms with Gasteiger partial charge in [-0.05, 0) is 19.4 Å². The highest BCUT2D eigenvalue weighted by Crippen LogP contribution is 1.97. The summed E-state index contributed by atoms with van der Waals surface area (Å²) >= 11 is 0. The highest BCUT2D eigenvalue weighted by atomic mass is 16.1. The highest BCUT2D eigenvalue weighted by molar-refractivity contribution is 5.89. The summed E-state index contributed by atoms with van der Waals surface area (Å²) in [5, 5.41) is 2.50. The Morgan fingerprint density at radius 3 is 2.50 bits per heavy atom. The number of ketones is 1. The summed E-state index contributed by atoms with van der Waals surface area (Å²) in [6, 6.07) is 0. The predicted octanol–water partition coefficient (Wildman–Crippen LogP) is 1.05. The van der Waals surface area contributed by atoms with Crippen LogP contribution in [0.1, 0.15) is 26.2 Å². The molecule has 0 aliphatic rings. The fourth-order valence-electron chi connectivity index (χ4n) is 0.817. The number of rotatable bonds is 5. The third-order valence-corrected chi connectivity index (χ3v) is 1.46. The highest BCUT2D eigenvalue weighted by Gasteiger charge is 2.00. The first kappa shape index (κ1) is 10.9. The number of allylic oxidation sites excluding steroid dienone is 2. The molecule has 0 atom stereocenters. The molecule has 1 N–H and O–H groups in total. The molecule has 0 bridgehead atoms. The Labute approximate surface area is 72.8 Å². The molecule has 0 aromatic heterocycles. The molecule has 1 amide bonds. The van der Waals surface area contributed by atoms with Crippen molar-refractivity contribution in [1.29, 1.82) is 0 Å². The molecule has 0 rings (SSSR count). The number of nitrogens with one attached hydrogen (secondary N) is 1. The van der Waals surface area contributed by atoms with Crippen LogP contribution in [-0.2, 0) is 9.59 Å². The molecular formula is C9H15NO2. The van der Waals surface area contributed by atoms with Gasteiger partial charge in [0.25, 0.3) is 0 Å². The quantitative estimate of drug-likeness (QED) is 0.625. The van der Waals surface area contributed by atoms with Crippen LogP contribution in [0.3, 0.4) is 0 Å². The van der Waals surface area contributed by atoms with Gasteiger partial charge in [0.2, 0.25) is 5.91 Å². The van der Waals surface area contributed by atoms with Crippen LogP contribution < -0.4 is 5.32 Å². The number of hydrogen-bond donors (Lipinski definition) is 1. The first-order valence-corrected chi connectivity index (χ1v) is 4.06. The number of carbonyl (C=O) groups excluding carboxylic acids is 2. The van der Waals surface area contributed by atoms with E-state index in [1.165, 1.54) is 6.08 Å². The van der Waals surface area contributed by atoms with Gasteiger partial charge in [-0.1, -0.05) is 6.08 Å². The topological polar surface area (TPSA) is 46.2 Å². The van der Waals surface area contributed by atoms with Crippen molar-refractivity contribution in [2.24, 2.45) is 0 Å². The van der Waals surface area contributed by atoms with E-state index in [0.29, 0.717) is 19.3 Å². The molecule has 12 heavy (non-hydrogen) atoms. The van der Waals surface area contributed by atoms with E-state index in [4.69, 9.17) is 0 Å². The molecule has 0 aliphatic carbocycles. The predicted molar refractivity (Wildman–Crippen MR) is 47.7 cm³/mol. The van der Waals surface area contributed by atoms with Gasteiger partial charge in [-0.2, -0.15) is 0 Å². The Morgan fingerprint density at radius 2 is 2.00 bits per heavy atom. The zero-order valence-electron chi connectivity index (χ0n) is 7.59. The number of amides is 1. The zero-order chi connectivity index (χ0) is 9.40. The molecule has 3 nitrogen and oxygen atoms in total. The molecule has 0 spiro atoms. The molecule has 0 heterocycles. The summed E-state index contributed by atoms with van der Waals surface area (Å²) in [6.07, 6.45) is 4.76. The summed E-state index contributed by atoms with van der Waals surface area (Å²) in [7, 11) is 1.59. The lowest BCUT2D eigenvalue weighted by atomic mass is 10.1. The lowest BCUT2D eigenvalue weighted by molar-refractivity contribution is -0.120. The third-order valence-electron chi connectivity index (χ3n) is 1.46. The lowest BCUT2D eigenvalue weighted by Gasteiger charge is -1.96. The Bertz CT molecular complexity index is 185. The standard InChI is InChI=1S/C9H15NO2/c1-3-5-8(11)6-4-7-9(12)10-2/h3,5H,4,6-7H2,1-2H3,(H,10,12)/b5-3+. The first-order chi connectivity index (χ1) is 5.70. The van der Waals surface area contributed by atoms with Crippen LogP contribution in [0.2, 0.25) is 0 Å². The summed E-state index contributed by atoms with van der Waals surface area (Å²) in [4.78, 5) is 21.6. The Kier molecular flexibility index (Phi) is 5.97. The maximum absolute atomic E-state index is 10.9. The van der Waals surface area contributed by atoms with Gasteiger partial charge in [0.05, 0.1) is 0 Å². The van der Waals surface area contributed by atoms with Crippen molar-refractivity contribution in [1.82, 2.24) is 5.32 Å². The summed E-state index contributed by atoms with van der Waals surface area (Å²) in [6.45, 7) is 1.80. The first-order valence-electron chi connectivity index (χ1n) is 4.06. The second-order valence-electron chi connectivity index (χ2n) is 2.49. The summed E-state index contributed by atoms with van der Waals surface area (Å²) in [5.74, 6) is 0.0738. The minimum atomic E-state index is -0.0109. The second-order valence-corrected chi connectivity index (χ2v) is 2.49. The molecule has 68 valence electrons. The lowest BCUT2D eigenvalue weighted by Crippen LogP contribution is -2.17. The fourth-order valence-corrected chi connectivity index (χ4v) is 0.817. The van der Waals surface area contributed by atoms with Crippen LogP contribution in [0.4, 0.5) is 0 Å². The molecule has 3 heteroatoms. The van der Waals surface area contributed by atoms with E-state index in [2.05, 4.69) is 5.32 Å². The van der Waals surface area contributed by atoms with Crippen LogP contribution in [0.25, 0.3) is 0 Å². The molecule has 0 saturated heterocycles. The molecule has 0 fully saturated rings. The Balaban J connectivity index is 3.43. The minimum absolute atomic E-state index is 0.0109. The van der Waals surface area contributed by atoms with E-state index in [1.54, 1.807) is 20.0 Å². The van der Waals surface area contributed by atoms with Gasteiger partial charge < -0.3 is 5.32 Å². The van der Waals surface area contributed by atoms with E-state index in [-0.39, 0.29) is 11.7 Å². The maximum atomic E-state index is 10.9. The van der Waals surface area contributed by atoms with Crippen LogP contribution in [0.15, 0.2) is 12.2 Å². The van der Waals surface area contributed by atoms with E-state index in [1.807, 2.05) is 0 Å². The summed E-state index contributed by atoms with van der Waals surface area (Å²) in [5.41, 5.74) is 0. The second kappa shape index (κ2) is 6.58.